The van der Waals surface area contributed by atoms with Crippen molar-refractivity contribution in [3.05, 3.63) is 94.0 Å². The Morgan fingerprint density at radius 1 is 1.05 bits per heavy atom. The van der Waals surface area contributed by atoms with Gasteiger partial charge in [0, 0.05) is 17.8 Å². The van der Waals surface area contributed by atoms with Gasteiger partial charge in [0.05, 0.1) is 23.1 Å². The van der Waals surface area contributed by atoms with Crippen LogP contribution >= 0.6 is 0 Å². The van der Waals surface area contributed by atoms with E-state index in [0.29, 0.717) is 17.0 Å². The van der Waals surface area contributed by atoms with Crippen LogP contribution in [0, 0.1) is 17.0 Å². The number of hydrogen-bond acceptors (Lipinski definition) is 8. The number of nitrogens with zero attached hydrogens (tertiary/aromatic N) is 3. The van der Waals surface area contributed by atoms with Gasteiger partial charge < -0.3 is 10.1 Å². The lowest BCUT2D eigenvalue weighted by molar-refractivity contribution is -0.384. The van der Waals surface area contributed by atoms with Gasteiger partial charge in [0.1, 0.15) is 12.3 Å². The molecule has 3 rings (SSSR count). The normalized spacial score (nSPS) is 11.1. The van der Waals surface area contributed by atoms with Crippen molar-refractivity contribution in [1.82, 2.24) is 5.43 Å². The van der Waals surface area contributed by atoms with Crippen molar-refractivity contribution in [2.24, 2.45) is 5.10 Å². The van der Waals surface area contributed by atoms with Crippen LogP contribution in [0.3, 0.4) is 0 Å². The van der Waals surface area contributed by atoms with Gasteiger partial charge in [-0.25, -0.2) is 13.8 Å². The van der Waals surface area contributed by atoms with Crippen molar-refractivity contribution in [1.29, 1.82) is 0 Å². The highest BCUT2D eigenvalue weighted by atomic mass is 32.2. The van der Waals surface area contributed by atoms with Crippen LogP contribution in [0.15, 0.2) is 77.9 Å². The molecule has 38 heavy (non-hydrogen) atoms. The number of nitro groups is 1. The topological polar surface area (TPSA) is 160 Å². The number of carbonyl (C=O) groups excluding carboxylic acids is 2. The molecule has 0 heterocycles. The maximum atomic E-state index is 12.3. The smallest absolute Gasteiger partial charge is 0.271 e. The molecule has 0 spiro atoms. The molecule has 3 aromatic rings. The largest absolute Gasteiger partial charge is 0.484 e. The van der Waals surface area contributed by atoms with Crippen LogP contribution in [0.5, 0.6) is 5.75 Å². The van der Waals surface area contributed by atoms with E-state index in [1.165, 1.54) is 24.4 Å². The zero-order chi connectivity index (χ0) is 27.7. The van der Waals surface area contributed by atoms with Gasteiger partial charge in [-0.2, -0.15) is 5.10 Å². The number of hydrogen-bond donors (Lipinski definition) is 2. The molecule has 2 N–H and O–H groups in total. The van der Waals surface area contributed by atoms with Gasteiger partial charge in [0.25, 0.3) is 17.5 Å². The predicted molar refractivity (Wildman–Crippen MR) is 143 cm³/mol. The highest BCUT2D eigenvalue weighted by Gasteiger charge is 2.22. The second kappa shape index (κ2) is 12.5. The van der Waals surface area contributed by atoms with Crippen molar-refractivity contribution >= 4 is 45.1 Å². The van der Waals surface area contributed by atoms with Crippen LogP contribution in [0.4, 0.5) is 17.1 Å². The Morgan fingerprint density at radius 2 is 1.74 bits per heavy atom. The molecule has 13 heteroatoms. The van der Waals surface area contributed by atoms with Crippen molar-refractivity contribution in [2.75, 3.05) is 29.0 Å². The van der Waals surface area contributed by atoms with E-state index in [-0.39, 0.29) is 23.9 Å². The van der Waals surface area contributed by atoms with E-state index in [2.05, 4.69) is 15.8 Å². The third kappa shape index (κ3) is 8.41. The summed E-state index contributed by atoms with van der Waals surface area (Å²) in [6.45, 7) is 1.14. The summed E-state index contributed by atoms with van der Waals surface area (Å²) in [6.07, 6.45) is 2.22. The first-order valence-electron chi connectivity index (χ1n) is 11.1. The van der Waals surface area contributed by atoms with Crippen LogP contribution in [0.2, 0.25) is 0 Å². The third-order valence-electron chi connectivity index (χ3n) is 5.00. The zero-order valence-electron chi connectivity index (χ0n) is 20.5. The van der Waals surface area contributed by atoms with Crippen molar-refractivity contribution in [3.8, 4) is 5.75 Å². The quantitative estimate of drug-likeness (QED) is 0.215. The van der Waals surface area contributed by atoms with E-state index in [0.717, 1.165) is 22.2 Å². The van der Waals surface area contributed by atoms with E-state index >= 15 is 0 Å². The molecule has 0 aliphatic heterocycles. The summed E-state index contributed by atoms with van der Waals surface area (Å²) in [7, 11) is -3.91. The van der Waals surface area contributed by atoms with Gasteiger partial charge in [-0.3, -0.25) is 24.0 Å². The Bertz CT molecular complexity index is 1440. The predicted octanol–water partition coefficient (Wildman–Crippen LogP) is 2.84. The standard InChI is InChI=1S/C25H25N5O7S/c1-18-6-10-20(11-7-18)27-25(32)17-37-23-12-8-19(9-13-23)15-26-28-24(31)16-29(38(2,35)36)21-4-3-5-22(14-21)30(33)34/h3-15H,16-17H2,1-2H3,(H,27,32)(H,28,31)/b26-15-. The summed E-state index contributed by atoms with van der Waals surface area (Å²) in [6, 6.07) is 18.9. The molecule has 0 aliphatic carbocycles. The Labute approximate surface area is 219 Å². The van der Waals surface area contributed by atoms with Gasteiger partial charge >= 0.3 is 0 Å². The minimum Gasteiger partial charge on any atom is -0.484 e. The van der Waals surface area contributed by atoms with Crippen LogP contribution in [0.1, 0.15) is 11.1 Å². The lowest BCUT2D eigenvalue weighted by atomic mass is 10.2. The molecular formula is C25H25N5O7S. The molecular weight excluding hydrogens is 514 g/mol. The number of ether oxygens (including phenoxy) is 1. The average Bonchev–Trinajstić information content (AvgIpc) is 2.87. The number of aryl methyl sites for hydroxylation is 1. The summed E-state index contributed by atoms with van der Waals surface area (Å²) in [4.78, 5) is 34.7. The van der Waals surface area contributed by atoms with Gasteiger partial charge in [0.2, 0.25) is 10.0 Å². The number of non-ortho nitro benzene ring substituents is 1. The van der Waals surface area contributed by atoms with E-state index < -0.39 is 27.4 Å². The Kier molecular flexibility index (Phi) is 9.11. The van der Waals surface area contributed by atoms with E-state index in [1.807, 2.05) is 19.1 Å². The summed E-state index contributed by atoms with van der Waals surface area (Å²) in [5, 5.41) is 17.5. The van der Waals surface area contributed by atoms with Gasteiger partial charge in [-0.15, -0.1) is 0 Å². The maximum Gasteiger partial charge on any atom is 0.271 e. The number of nitro benzene ring substituents is 1. The zero-order valence-corrected chi connectivity index (χ0v) is 21.3. The maximum absolute atomic E-state index is 12.3. The summed E-state index contributed by atoms with van der Waals surface area (Å²) >= 11 is 0. The van der Waals surface area contributed by atoms with Gasteiger partial charge in [-0.1, -0.05) is 23.8 Å². The average molecular weight is 540 g/mol. The van der Waals surface area contributed by atoms with Gasteiger partial charge in [-0.05, 0) is 55.0 Å². The molecule has 0 aliphatic rings. The first kappa shape index (κ1) is 27.8. The number of carbonyl (C=O) groups is 2. The number of benzene rings is 3. The second-order valence-electron chi connectivity index (χ2n) is 8.11. The monoisotopic (exact) mass is 539 g/mol. The Morgan fingerprint density at radius 3 is 2.37 bits per heavy atom. The molecule has 2 amide bonds. The minimum absolute atomic E-state index is 0.0241. The number of nitrogens with one attached hydrogen (secondary N) is 2. The van der Waals surface area contributed by atoms with Gasteiger partial charge in [0.15, 0.2) is 6.61 Å². The Hall–Kier alpha value is -4.78. The molecule has 3 aromatic carbocycles. The lowest BCUT2D eigenvalue weighted by Gasteiger charge is -2.21. The van der Waals surface area contributed by atoms with Crippen LogP contribution in [0.25, 0.3) is 0 Å². The number of hydrazone groups is 1. The van der Waals surface area contributed by atoms with Crippen molar-refractivity contribution in [2.45, 2.75) is 6.92 Å². The third-order valence-corrected chi connectivity index (χ3v) is 6.14. The summed E-state index contributed by atoms with van der Waals surface area (Å²) < 4.78 is 30.6. The lowest BCUT2D eigenvalue weighted by Crippen LogP contribution is -2.39. The molecule has 0 saturated heterocycles. The van der Waals surface area contributed by atoms with Crippen molar-refractivity contribution < 1.29 is 27.7 Å². The number of rotatable bonds is 11. The van der Waals surface area contributed by atoms with Crippen molar-refractivity contribution in [3.63, 3.8) is 0 Å². The molecule has 12 nitrogen and oxygen atoms in total. The summed E-state index contributed by atoms with van der Waals surface area (Å²) in [5.74, 6) is -0.612. The van der Waals surface area contributed by atoms with E-state index in [4.69, 9.17) is 4.74 Å². The number of anilines is 2. The fourth-order valence-electron chi connectivity index (χ4n) is 3.14. The van der Waals surface area contributed by atoms with E-state index in [9.17, 15) is 28.1 Å². The number of amides is 2. The van der Waals surface area contributed by atoms with E-state index in [1.54, 1.807) is 36.4 Å². The van der Waals surface area contributed by atoms with Crippen LogP contribution in [-0.2, 0) is 19.6 Å². The van der Waals surface area contributed by atoms with Crippen LogP contribution < -0.4 is 19.8 Å². The van der Waals surface area contributed by atoms with Crippen LogP contribution in [-0.4, -0.2) is 50.8 Å². The second-order valence-corrected chi connectivity index (χ2v) is 10.0. The molecule has 0 atom stereocenters. The minimum atomic E-state index is -3.91. The fraction of sp³-hybridized carbons (Fsp3) is 0.160. The molecule has 198 valence electrons. The molecule has 0 unspecified atom stereocenters. The molecule has 0 saturated carbocycles. The first-order valence-corrected chi connectivity index (χ1v) is 13.0. The Balaban J connectivity index is 1.52. The molecule has 0 radical (unpaired) electrons. The summed E-state index contributed by atoms with van der Waals surface area (Å²) in [5.41, 5.74) is 4.24. The highest BCUT2D eigenvalue weighted by Crippen LogP contribution is 2.23. The molecule has 0 bridgehead atoms. The SMILES string of the molecule is Cc1ccc(NC(=O)COc2ccc(/C=N\NC(=O)CN(c3cccc([N+](=O)[O-])c3)S(C)(=O)=O)cc2)cc1. The molecule has 0 aromatic heterocycles. The number of sulfonamides is 1. The first-order chi connectivity index (χ1) is 18.0. The highest BCUT2D eigenvalue weighted by molar-refractivity contribution is 7.92. The molecule has 0 fully saturated rings. The fourth-order valence-corrected chi connectivity index (χ4v) is 3.99.